The predicted octanol–water partition coefficient (Wildman–Crippen LogP) is 2.28. The molecule has 94 valence electrons. The van der Waals surface area contributed by atoms with Gasteiger partial charge in [-0.2, -0.15) is 5.10 Å². The zero-order chi connectivity index (χ0) is 12.4. The molecule has 0 unspecified atom stereocenters. The fourth-order valence-electron chi connectivity index (χ4n) is 2.64. The maximum absolute atomic E-state index is 4.78. The van der Waals surface area contributed by atoms with Gasteiger partial charge in [0.2, 0.25) is 0 Å². The molecule has 0 saturated carbocycles. The molecule has 1 atom stereocenters. The minimum absolute atomic E-state index is 0.562. The van der Waals surface area contributed by atoms with Crippen molar-refractivity contribution < 1.29 is 0 Å². The van der Waals surface area contributed by atoms with Gasteiger partial charge in [-0.25, -0.2) is 0 Å². The van der Waals surface area contributed by atoms with Gasteiger partial charge < -0.3 is 4.90 Å². The molecule has 0 aromatic carbocycles. The number of nitrogens with one attached hydrogen (secondary N) is 1. The van der Waals surface area contributed by atoms with E-state index in [4.69, 9.17) is 4.98 Å². The molecule has 1 fully saturated rings. The first kappa shape index (κ1) is 11.4. The normalized spacial score (nSPS) is 21.1. The van der Waals surface area contributed by atoms with Crippen LogP contribution in [0.3, 0.4) is 0 Å². The molecular formula is C14H18N4. The lowest BCUT2D eigenvalue weighted by Gasteiger charge is -2.29. The molecule has 2 aromatic rings. The van der Waals surface area contributed by atoms with Crippen molar-refractivity contribution in [2.75, 3.05) is 20.1 Å². The van der Waals surface area contributed by atoms with Crippen molar-refractivity contribution in [3.63, 3.8) is 0 Å². The average molecular weight is 242 g/mol. The van der Waals surface area contributed by atoms with Crippen LogP contribution in [0.4, 0.5) is 0 Å². The van der Waals surface area contributed by atoms with Gasteiger partial charge in [0.05, 0.1) is 11.4 Å². The number of piperidine rings is 1. The van der Waals surface area contributed by atoms with Crippen molar-refractivity contribution in [2.24, 2.45) is 0 Å². The van der Waals surface area contributed by atoms with Crippen molar-refractivity contribution in [3.8, 4) is 11.4 Å². The first-order valence-corrected chi connectivity index (χ1v) is 6.48. The van der Waals surface area contributed by atoms with Gasteiger partial charge in [-0.05, 0) is 44.6 Å². The van der Waals surface area contributed by atoms with Gasteiger partial charge >= 0.3 is 0 Å². The van der Waals surface area contributed by atoms with E-state index < -0.39 is 0 Å². The molecule has 1 N–H and O–H groups in total. The standard InChI is InChI=1S/C14H18N4/c1-18-9-3-4-11(10-18)12-5-2-6-13(16-12)14-7-8-15-17-14/h2,5-8,11H,3-4,9-10H2,1H3,(H,15,17)/t11-/m0/s1. The number of likely N-dealkylation sites (tertiary alicyclic amines) is 1. The topological polar surface area (TPSA) is 44.8 Å². The molecule has 4 heteroatoms. The van der Waals surface area contributed by atoms with Gasteiger partial charge in [-0.3, -0.25) is 10.1 Å². The summed E-state index contributed by atoms with van der Waals surface area (Å²) in [6, 6.07) is 8.22. The third kappa shape index (κ3) is 2.29. The fraction of sp³-hybridized carbons (Fsp3) is 0.429. The first-order chi connectivity index (χ1) is 8.83. The number of aromatic nitrogens is 3. The zero-order valence-electron chi connectivity index (χ0n) is 10.6. The molecule has 18 heavy (non-hydrogen) atoms. The molecule has 0 radical (unpaired) electrons. The zero-order valence-corrected chi connectivity index (χ0v) is 10.6. The smallest absolute Gasteiger partial charge is 0.0883 e. The molecule has 1 aliphatic rings. The van der Waals surface area contributed by atoms with Crippen molar-refractivity contribution >= 4 is 0 Å². The van der Waals surface area contributed by atoms with Gasteiger partial charge in [0, 0.05) is 24.4 Å². The summed E-state index contributed by atoms with van der Waals surface area (Å²) in [6.07, 6.45) is 4.26. The van der Waals surface area contributed by atoms with Crippen LogP contribution < -0.4 is 0 Å². The summed E-state index contributed by atoms with van der Waals surface area (Å²) < 4.78 is 0. The Kier molecular flexibility index (Phi) is 3.11. The van der Waals surface area contributed by atoms with E-state index in [1.54, 1.807) is 6.20 Å². The number of hydrogen-bond donors (Lipinski definition) is 1. The van der Waals surface area contributed by atoms with E-state index in [0.29, 0.717) is 5.92 Å². The fourth-order valence-corrected chi connectivity index (χ4v) is 2.64. The molecule has 2 aromatic heterocycles. The van der Waals surface area contributed by atoms with Crippen molar-refractivity contribution in [1.82, 2.24) is 20.1 Å². The SMILES string of the molecule is CN1CCC[C@H](c2cccc(-c3ccn[nH]3)n2)C1. The Morgan fingerprint density at radius 1 is 1.33 bits per heavy atom. The lowest BCUT2D eigenvalue weighted by molar-refractivity contribution is 0.248. The van der Waals surface area contributed by atoms with E-state index in [0.717, 1.165) is 17.9 Å². The average Bonchev–Trinajstić information content (AvgIpc) is 2.93. The summed E-state index contributed by atoms with van der Waals surface area (Å²) in [5.74, 6) is 0.562. The third-order valence-corrected chi connectivity index (χ3v) is 3.59. The van der Waals surface area contributed by atoms with Crippen LogP contribution in [0.2, 0.25) is 0 Å². The van der Waals surface area contributed by atoms with Gasteiger partial charge in [-0.1, -0.05) is 6.07 Å². The maximum Gasteiger partial charge on any atom is 0.0883 e. The van der Waals surface area contributed by atoms with Crippen LogP contribution in [-0.4, -0.2) is 40.2 Å². The maximum atomic E-state index is 4.78. The Balaban J connectivity index is 1.86. The monoisotopic (exact) mass is 242 g/mol. The summed E-state index contributed by atoms with van der Waals surface area (Å²) >= 11 is 0. The van der Waals surface area contributed by atoms with Crippen molar-refractivity contribution in [2.45, 2.75) is 18.8 Å². The van der Waals surface area contributed by atoms with Crippen molar-refractivity contribution in [3.05, 3.63) is 36.2 Å². The highest BCUT2D eigenvalue weighted by molar-refractivity contribution is 5.53. The number of hydrogen-bond acceptors (Lipinski definition) is 3. The van der Waals surface area contributed by atoms with Crippen LogP contribution >= 0.6 is 0 Å². The van der Waals surface area contributed by atoms with Gasteiger partial charge in [0.25, 0.3) is 0 Å². The lowest BCUT2D eigenvalue weighted by atomic mass is 9.94. The van der Waals surface area contributed by atoms with Gasteiger partial charge in [-0.15, -0.1) is 0 Å². The number of aromatic amines is 1. The molecule has 3 rings (SSSR count). The molecule has 0 amide bonds. The highest BCUT2D eigenvalue weighted by Gasteiger charge is 2.20. The summed E-state index contributed by atoms with van der Waals surface area (Å²) in [6.45, 7) is 2.32. The molecule has 3 heterocycles. The second-order valence-corrected chi connectivity index (χ2v) is 5.02. The van der Waals surface area contributed by atoms with Gasteiger partial charge in [0.15, 0.2) is 0 Å². The number of H-pyrrole nitrogens is 1. The minimum Gasteiger partial charge on any atom is -0.306 e. The number of likely N-dealkylation sites (N-methyl/N-ethyl adjacent to an activating group) is 1. The van der Waals surface area contributed by atoms with Crippen LogP contribution in [-0.2, 0) is 0 Å². The number of pyridine rings is 1. The second-order valence-electron chi connectivity index (χ2n) is 5.02. The molecule has 0 aliphatic carbocycles. The summed E-state index contributed by atoms with van der Waals surface area (Å²) in [7, 11) is 2.19. The van der Waals surface area contributed by atoms with Crippen LogP contribution in [0.25, 0.3) is 11.4 Å². The number of nitrogens with zero attached hydrogens (tertiary/aromatic N) is 3. The van der Waals surface area contributed by atoms with E-state index in [9.17, 15) is 0 Å². The van der Waals surface area contributed by atoms with Crippen LogP contribution in [0.1, 0.15) is 24.5 Å². The van der Waals surface area contributed by atoms with E-state index in [2.05, 4.69) is 34.3 Å². The summed E-state index contributed by atoms with van der Waals surface area (Å²) in [5.41, 5.74) is 3.17. The highest BCUT2D eigenvalue weighted by atomic mass is 15.1. The Morgan fingerprint density at radius 3 is 3.06 bits per heavy atom. The largest absolute Gasteiger partial charge is 0.306 e. The highest BCUT2D eigenvalue weighted by Crippen LogP contribution is 2.26. The minimum atomic E-state index is 0.562. The Bertz CT molecular complexity index is 506. The first-order valence-electron chi connectivity index (χ1n) is 6.48. The Morgan fingerprint density at radius 2 is 2.28 bits per heavy atom. The molecule has 1 aliphatic heterocycles. The Labute approximate surface area is 107 Å². The summed E-state index contributed by atoms with van der Waals surface area (Å²) in [5, 5.41) is 6.95. The van der Waals surface area contributed by atoms with Crippen LogP contribution in [0.15, 0.2) is 30.5 Å². The molecule has 0 bridgehead atoms. The lowest BCUT2D eigenvalue weighted by Crippen LogP contribution is -2.31. The van der Waals surface area contributed by atoms with Crippen LogP contribution in [0.5, 0.6) is 0 Å². The third-order valence-electron chi connectivity index (χ3n) is 3.59. The van der Waals surface area contributed by atoms with E-state index >= 15 is 0 Å². The quantitative estimate of drug-likeness (QED) is 0.878. The predicted molar refractivity (Wildman–Crippen MR) is 71.3 cm³/mol. The van der Waals surface area contributed by atoms with Crippen molar-refractivity contribution in [1.29, 1.82) is 0 Å². The van der Waals surface area contributed by atoms with E-state index in [1.807, 2.05) is 12.1 Å². The Hall–Kier alpha value is -1.68. The van der Waals surface area contributed by atoms with Crippen LogP contribution in [0, 0.1) is 0 Å². The van der Waals surface area contributed by atoms with E-state index in [1.165, 1.54) is 25.1 Å². The molecular weight excluding hydrogens is 224 g/mol. The van der Waals surface area contributed by atoms with E-state index in [-0.39, 0.29) is 0 Å². The molecule has 4 nitrogen and oxygen atoms in total. The molecule has 0 spiro atoms. The number of rotatable bonds is 2. The van der Waals surface area contributed by atoms with Gasteiger partial charge in [0.1, 0.15) is 0 Å². The molecule has 1 saturated heterocycles. The second kappa shape index (κ2) is 4.90. The summed E-state index contributed by atoms with van der Waals surface area (Å²) in [4.78, 5) is 7.16.